The molecular formula is C13H8ClF2N3. The van der Waals surface area contributed by atoms with Crippen LogP contribution in [0.1, 0.15) is 0 Å². The third-order valence-electron chi connectivity index (χ3n) is 2.80. The van der Waals surface area contributed by atoms with Crippen molar-refractivity contribution in [2.75, 3.05) is 5.73 Å². The van der Waals surface area contributed by atoms with Crippen molar-refractivity contribution in [1.29, 1.82) is 0 Å². The monoisotopic (exact) mass is 279 g/mol. The average Bonchev–Trinajstić information content (AvgIpc) is 2.70. The van der Waals surface area contributed by atoms with Gasteiger partial charge in [0.25, 0.3) is 0 Å². The lowest BCUT2D eigenvalue weighted by atomic mass is 10.1. The Hall–Kier alpha value is -2.14. The summed E-state index contributed by atoms with van der Waals surface area (Å²) >= 11 is 5.84. The van der Waals surface area contributed by atoms with Crippen molar-refractivity contribution >= 4 is 23.1 Å². The van der Waals surface area contributed by atoms with Gasteiger partial charge in [0.2, 0.25) is 0 Å². The molecule has 3 aromatic rings. The van der Waals surface area contributed by atoms with Crippen molar-refractivity contribution in [3.63, 3.8) is 0 Å². The minimum absolute atomic E-state index is 0.163. The van der Waals surface area contributed by atoms with Crippen LogP contribution in [0.2, 0.25) is 5.02 Å². The number of halogens is 3. The van der Waals surface area contributed by atoms with Crippen molar-refractivity contribution in [2.24, 2.45) is 0 Å². The van der Waals surface area contributed by atoms with E-state index in [1.165, 1.54) is 40.9 Å². The van der Waals surface area contributed by atoms with Gasteiger partial charge in [0.1, 0.15) is 28.8 Å². The number of benzene rings is 1. The van der Waals surface area contributed by atoms with Crippen molar-refractivity contribution < 1.29 is 8.78 Å². The zero-order valence-electron chi connectivity index (χ0n) is 9.57. The van der Waals surface area contributed by atoms with E-state index in [2.05, 4.69) is 4.98 Å². The fourth-order valence-corrected chi connectivity index (χ4v) is 2.09. The molecule has 0 radical (unpaired) electrons. The lowest BCUT2D eigenvalue weighted by molar-refractivity contribution is 0.619. The van der Waals surface area contributed by atoms with E-state index in [1.807, 2.05) is 0 Å². The summed E-state index contributed by atoms with van der Waals surface area (Å²) in [5.74, 6) is -0.773. The summed E-state index contributed by atoms with van der Waals surface area (Å²) in [5.41, 5.74) is 6.75. The van der Waals surface area contributed by atoms with Crippen molar-refractivity contribution in [2.45, 2.75) is 0 Å². The molecule has 2 aromatic heterocycles. The minimum atomic E-state index is -0.486. The summed E-state index contributed by atoms with van der Waals surface area (Å²) in [6.07, 6.45) is 1.20. The smallest absolute Gasteiger partial charge is 0.140 e. The van der Waals surface area contributed by atoms with Crippen molar-refractivity contribution in [1.82, 2.24) is 9.38 Å². The van der Waals surface area contributed by atoms with Crippen LogP contribution in [0.5, 0.6) is 0 Å². The molecule has 0 aliphatic carbocycles. The first-order valence-electron chi connectivity index (χ1n) is 5.45. The largest absolute Gasteiger partial charge is 0.383 e. The molecule has 6 heteroatoms. The van der Waals surface area contributed by atoms with Crippen LogP contribution in [0, 0.1) is 11.6 Å². The third-order valence-corrected chi connectivity index (χ3v) is 3.04. The van der Waals surface area contributed by atoms with Crippen LogP contribution in [0.4, 0.5) is 14.6 Å². The number of imidazole rings is 1. The molecule has 0 amide bonds. The summed E-state index contributed by atoms with van der Waals surface area (Å²) in [4.78, 5) is 4.20. The molecule has 1 aromatic carbocycles. The molecule has 0 spiro atoms. The van der Waals surface area contributed by atoms with Crippen LogP contribution >= 0.6 is 11.6 Å². The van der Waals surface area contributed by atoms with Crippen molar-refractivity contribution in [3.8, 4) is 11.3 Å². The van der Waals surface area contributed by atoms with E-state index in [9.17, 15) is 8.78 Å². The quantitative estimate of drug-likeness (QED) is 0.741. The van der Waals surface area contributed by atoms with E-state index in [0.29, 0.717) is 10.7 Å². The van der Waals surface area contributed by atoms with Gasteiger partial charge in [-0.15, -0.1) is 0 Å². The fraction of sp³-hybridized carbons (Fsp3) is 0. The predicted molar refractivity (Wildman–Crippen MR) is 70.0 cm³/mol. The third kappa shape index (κ3) is 1.92. The Kier molecular flexibility index (Phi) is 2.64. The van der Waals surface area contributed by atoms with Crippen LogP contribution in [-0.2, 0) is 0 Å². The molecule has 0 aliphatic rings. The van der Waals surface area contributed by atoms with Gasteiger partial charge in [0, 0.05) is 16.8 Å². The van der Waals surface area contributed by atoms with E-state index < -0.39 is 11.6 Å². The Balaban J connectivity index is 2.31. The summed E-state index contributed by atoms with van der Waals surface area (Å²) in [6.45, 7) is 0. The number of nitrogens with two attached hydrogens (primary N) is 1. The molecule has 0 bridgehead atoms. The maximum absolute atomic E-state index is 13.8. The first-order valence-corrected chi connectivity index (χ1v) is 5.82. The number of nitrogens with zero attached hydrogens (tertiary/aromatic N) is 2. The zero-order valence-corrected chi connectivity index (χ0v) is 10.3. The maximum Gasteiger partial charge on any atom is 0.140 e. The second-order valence-electron chi connectivity index (χ2n) is 4.05. The Morgan fingerprint density at radius 3 is 2.74 bits per heavy atom. The maximum atomic E-state index is 13.8. The topological polar surface area (TPSA) is 43.3 Å². The summed E-state index contributed by atoms with van der Waals surface area (Å²) in [5, 5.41) is 0.374. The molecule has 0 saturated heterocycles. The second kappa shape index (κ2) is 4.20. The van der Waals surface area contributed by atoms with Gasteiger partial charge in [-0.3, -0.25) is 4.40 Å². The van der Waals surface area contributed by atoms with Crippen molar-refractivity contribution in [3.05, 3.63) is 53.2 Å². The van der Waals surface area contributed by atoms with Gasteiger partial charge < -0.3 is 5.73 Å². The van der Waals surface area contributed by atoms with Gasteiger partial charge in [-0.2, -0.15) is 0 Å². The highest BCUT2D eigenvalue weighted by Crippen LogP contribution is 2.30. The second-order valence-corrected chi connectivity index (χ2v) is 4.48. The lowest BCUT2D eigenvalue weighted by Gasteiger charge is -2.02. The number of hydrogen-bond acceptors (Lipinski definition) is 2. The molecule has 2 heterocycles. The standard InChI is InChI=1S/C13H8ClF2N3/c14-7-1-3-10(16)9(5-7)12-13(17)19-6-8(15)2-4-11(19)18-12/h1-6H,17H2. The number of anilines is 1. The molecule has 0 unspecified atom stereocenters. The molecule has 19 heavy (non-hydrogen) atoms. The van der Waals surface area contributed by atoms with Gasteiger partial charge in [-0.25, -0.2) is 13.8 Å². The molecule has 3 rings (SSSR count). The molecule has 0 atom stereocenters. The number of aromatic nitrogens is 2. The predicted octanol–water partition coefficient (Wildman–Crippen LogP) is 3.52. The number of pyridine rings is 1. The van der Waals surface area contributed by atoms with Gasteiger partial charge in [0.15, 0.2) is 0 Å². The Bertz CT molecular complexity index is 783. The highest BCUT2D eigenvalue weighted by atomic mass is 35.5. The zero-order chi connectivity index (χ0) is 13.6. The highest BCUT2D eigenvalue weighted by molar-refractivity contribution is 6.30. The average molecular weight is 280 g/mol. The van der Waals surface area contributed by atoms with Crippen LogP contribution in [0.3, 0.4) is 0 Å². The highest BCUT2D eigenvalue weighted by Gasteiger charge is 2.15. The molecular weight excluding hydrogens is 272 g/mol. The van der Waals surface area contributed by atoms with Gasteiger partial charge >= 0.3 is 0 Å². The molecule has 0 fully saturated rings. The number of nitrogen functional groups attached to an aromatic ring is 1. The van der Waals surface area contributed by atoms with E-state index in [4.69, 9.17) is 17.3 Å². The van der Waals surface area contributed by atoms with E-state index in [1.54, 1.807) is 0 Å². The fourth-order valence-electron chi connectivity index (χ4n) is 1.91. The summed E-state index contributed by atoms with van der Waals surface area (Å²) < 4.78 is 28.3. The molecule has 0 saturated carbocycles. The Labute approximate surface area is 112 Å². The normalized spacial score (nSPS) is 11.1. The Morgan fingerprint density at radius 2 is 1.95 bits per heavy atom. The molecule has 3 nitrogen and oxygen atoms in total. The lowest BCUT2D eigenvalue weighted by Crippen LogP contribution is -1.95. The minimum Gasteiger partial charge on any atom is -0.383 e. The first kappa shape index (κ1) is 11.9. The molecule has 96 valence electrons. The molecule has 0 aliphatic heterocycles. The van der Waals surface area contributed by atoms with Crippen LogP contribution in [0.15, 0.2) is 36.5 Å². The summed E-state index contributed by atoms with van der Waals surface area (Å²) in [6, 6.07) is 6.84. The van der Waals surface area contributed by atoms with E-state index in [-0.39, 0.29) is 17.1 Å². The van der Waals surface area contributed by atoms with Crippen LogP contribution in [-0.4, -0.2) is 9.38 Å². The van der Waals surface area contributed by atoms with E-state index in [0.717, 1.165) is 0 Å². The SMILES string of the molecule is Nc1c(-c2cc(Cl)ccc2F)nc2ccc(F)cn12. The Morgan fingerprint density at radius 1 is 1.16 bits per heavy atom. The molecule has 2 N–H and O–H groups in total. The van der Waals surface area contributed by atoms with Gasteiger partial charge in [-0.05, 0) is 30.3 Å². The van der Waals surface area contributed by atoms with Gasteiger partial charge in [0.05, 0.1) is 0 Å². The van der Waals surface area contributed by atoms with Gasteiger partial charge in [-0.1, -0.05) is 11.6 Å². The van der Waals surface area contributed by atoms with Crippen LogP contribution < -0.4 is 5.73 Å². The number of rotatable bonds is 1. The number of hydrogen-bond donors (Lipinski definition) is 1. The van der Waals surface area contributed by atoms with Crippen LogP contribution in [0.25, 0.3) is 16.9 Å². The summed E-state index contributed by atoms with van der Waals surface area (Å²) in [7, 11) is 0. The first-order chi connectivity index (χ1) is 9.06. The number of fused-ring (bicyclic) bond motifs is 1. The van der Waals surface area contributed by atoms with E-state index >= 15 is 0 Å².